The van der Waals surface area contributed by atoms with Crippen molar-refractivity contribution in [2.45, 2.75) is 59.2 Å². The normalized spacial score (nSPS) is 50.9. The van der Waals surface area contributed by atoms with E-state index in [0.717, 1.165) is 26.1 Å². The molecule has 3 aliphatic rings. The van der Waals surface area contributed by atoms with Crippen LogP contribution in [-0.4, -0.2) is 19.0 Å². The van der Waals surface area contributed by atoms with Crippen LogP contribution < -0.4 is 0 Å². The van der Waals surface area contributed by atoms with Crippen LogP contribution in [0.5, 0.6) is 0 Å². The molecule has 0 radical (unpaired) electrons. The number of hydrogen-bond donors (Lipinski definition) is 0. The Bertz CT molecular complexity index is 398. The molecule has 2 nitrogen and oxygen atoms in total. The summed E-state index contributed by atoms with van der Waals surface area (Å²) in [6.07, 6.45) is 6.97. The van der Waals surface area contributed by atoms with Gasteiger partial charge in [0.1, 0.15) is 0 Å². The van der Waals surface area contributed by atoms with Crippen molar-refractivity contribution in [1.29, 1.82) is 0 Å². The molecular formula is C18H30O2. The van der Waals surface area contributed by atoms with Crippen LogP contribution in [0.2, 0.25) is 0 Å². The van der Waals surface area contributed by atoms with Gasteiger partial charge in [0.15, 0.2) is 5.79 Å². The van der Waals surface area contributed by atoms with Gasteiger partial charge in [0.25, 0.3) is 0 Å². The minimum atomic E-state index is -0.301. The van der Waals surface area contributed by atoms with E-state index in [9.17, 15) is 0 Å². The van der Waals surface area contributed by atoms with Crippen molar-refractivity contribution in [2.75, 3.05) is 13.2 Å². The molecule has 2 aliphatic carbocycles. The van der Waals surface area contributed by atoms with Gasteiger partial charge in [-0.15, -0.1) is 6.58 Å². The molecule has 3 fully saturated rings. The summed E-state index contributed by atoms with van der Waals surface area (Å²) >= 11 is 0. The van der Waals surface area contributed by atoms with Gasteiger partial charge in [-0.3, -0.25) is 0 Å². The molecule has 0 aromatic carbocycles. The second kappa shape index (κ2) is 4.58. The second-order valence-corrected chi connectivity index (χ2v) is 7.99. The van der Waals surface area contributed by atoms with Crippen molar-refractivity contribution in [3.05, 3.63) is 12.7 Å². The highest BCUT2D eigenvalue weighted by molar-refractivity contribution is 5.12. The molecule has 2 saturated carbocycles. The van der Waals surface area contributed by atoms with Crippen LogP contribution in [0.3, 0.4) is 0 Å². The summed E-state index contributed by atoms with van der Waals surface area (Å²) in [5, 5.41) is 0. The first-order valence-corrected chi connectivity index (χ1v) is 8.28. The van der Waals surface area contributed by atoms with Gasteiger partial charge in [-0.2, -0.15) is 0 Å². The maximum Gasteiger partial charge on any atom is 0.169 e. The number of fused-ring (bicyclic) bond motifs is 1. The molecule has 0 aromatic heterocycles. The van der Waals surface area contributed by atoms with E-state index in [0.29, 0.717) is 23.2 Å². The van der Waals surface area contributed by atoms with Gasteiger partial charge in [-0.25, -0.2) is 0 Å². The predicted octanol–water partition coefficient (Wildman–Crippen LogP) is 4.40. The molecule has 0 unspecified atom stereocenters. The van der Waals surface area contributed by atoms with Crippen LogP contribution >= 0.6 is 0 Å². The number of ether oxygens (including phenoxy) is 2. The third kappa shape index (κ3) is 1.84. The molecule has 1 heterocycles. The minimum absolute atomic E-state index is 0.198. The average Bonchev–Trinajstić information content (AvgIpc) is 2.86. The molecule has 0 bridgehead atoms. The highest BCUT2D eigenvalue weighted by Crippen LogP contribution is 2.64. The molecule has 20 heavy (non-hydrogen) atoms. The van der Waals surface area contributed by atoms with Crippen molar-refractivity contribution < 1.29 is 9.47 Å². The summed E-state index contributed by atoms with van der Waals surface area (Å²) in [4.78, 5) is 0. The van der Waals surface area contributed by atoms with Crippen molar-refractivity contribution in [2.24, 2.45) is 28.6 Å². The molecule has 0 aromatic rings. The fraction of sp³-hybridized carbons (Fsp3) is 0.889. The Morgan fingerprint density at radius 3 is 2.30 bits per heavy atom. The van der Waals surface area contributed by atoms with Gasteiger partial charge < -0.3 is 9.47 Å². The van der Waals surface area contributed by atoms with E-state index in [2.05, 4.69) is 40.3 Å². The van der Waals surface area contributed by atoms with E-state index in [4.69, 9.17) is 9.47 Å². The summed E-state index contributed by atoms with van der Waals surface area (Å²) in [6.45, 7) is 15.4. The van der Waals surface area contributed by atoms with E-state index < -0.39 is 0 Å². The fourth-order valence-corrected chi connectivity index (χ4v) is 5.28. The lowest BCUT2D eigenvalue weighted by atomic mass is 9.45. The van der Waals surface area contributed by atoms with Crippen LogP contribution in [0.4, 0.5) is 0 Å². The summed E-state index contributed by atoms with van der Waals surface area (Å²) in [7, 11) is 0. The molecule has 0 N–H and O–H groups in total. The number of allylic oxidation sites excluding steroid dienone is 1. The standard InChI is InChI=1S/C18H30O2/c1-6-16(4)13(2)7-8-17(5)14(3)11-18(12-15(16)17)19-9-10-20-18/h6,13-15H,1,7-12H2,2-5H3/t13-,14+,15+,16+,17+/m1/s1. The van der Waals surface area contributed by atoms with E-state index in [1.54, 1.807) is 0 Å². The summed E-state index contributed by atoms with van der Waals surface area (Å²) in [5.74, 6) is 1.65. The van der Waals surface area contributed by atoms with E-state index in [-0.39, 0.29) is 11.2 Å². The topological polar surface area (TPSA) is 18.5 Å². The molecule has 1 aliphatic heterocycles. The molecule has 3 rings (SSSR count). The van der Waals surface area contributed by atoms with Crippen molar-refractivity contribution >= 4 is 0 Å². The van der Waals surface area contributed by atoms with Crippen LogP contribution in [-0.2, 0) is 9.47 Å². The largest absolute Gasteiger partial charge is 0.348 e. The van der Waals surface area contributed by atoms with E-state index in [1.165, 1.54) is 12.8 Å². The smallest absolute Gasteiger partial charge is 0.169 e. The zero-order valence-corrected chi connectivity index (χ0v) is 13.6. The average molecular weight is 278 g/mol. The van der Waals surface area contributed by atoms with E-state index in [1.807, 2.05) is 0 Å². The van der Waals surface area contributed by atoms with Gasteiger partial charge in [-0.05, 0) is 41.4 Å². The fourth-order valence-electron chi connectivity index (χ4n) is 5.28. The summed E-state index contributed by atoms with van der Waals surface area (Å²) in [6, 6.07) is 0. The Hall–Kier alpha value is -0.340. The molecule has 5 atom stereocenters. The maximum absolute atomic E-state index is 6.06. The highest BCUT2D eigenvalue weighted by atomic mass is 16.7. The van der Waals surface area contributed by atoms with Crippen molar-refractivity contribution in [3.63, 3.8) is 0 Å². The lowest BCUT2D eigenvalue weighted by Crippen LogP contribution is -2.57. The molecule has 114 valence electrons. The van der Waals surface area contributed by atoms with Gasteiger partial charge in [-0.1, -0.05) is 33.8 Å². The molecule has 2 heteroatoms. The molecular weight excluding hydrogens is 248 g/mol. The summed E-state index contributed by atoms with van der Waals surface area (Å²) in [5.41, 5.74) is 0.597. The van der Waals surface area contributed by atoms with E-state index >= 15 is 0 Å². The third-order valence-electron chi connectivity index (χ3n) is 7.24. The Balaban J connectivity index is 1.99. The molecule has 1 saturated heterocycles. The van der Waals surface area contributed by atoms with Crippen molar-refractivity contribution in [3.8, 4) is 0 Å². The summed E-state index contributed by atoms with van der Waals surface area (Å²) < 4.78 is 12.1. The number of rotatable bonds is 1. The first-order valence-electron chi connectivity index (χ1n) is 8.28. The quantitative estimate of drug-likeness (QED) is 0.662. The first-order chi connectivity index (χ1) is 9.36. The Labute approximate surface area is 123 Å². The zero-order chi connectivity index (χ0) is 14.6. The van der Waals surface area contributed by atoms with Crippen LogP contribution in [0.1, 0.15) is 53.4 Å². The predicted molar refractivity (Wildman–Crippen MR) is 81.3 cm³/mol. The monoisotopic (exact) mass is 278 g/mol. The molecule has 0 amide bonds. The van der Waals surface area contributed by atoms with Crippen LogP contribution in [0.25, 0.3) is 0 Å². The minimum Gasteiger partial charge on any atom is -0.348 e. The van der Waals surface area contributed by atoms with Gasteiger partial charge in [0.2, 0.25) is 0 Å². The highest BCUT2D eigenvalue weighted by Gasteiger charge is 2.60. The molecule has 1 spiro atoms. The number of hydrogen-bond acceptors (Lipinski definition) is 2. The lowest BCUT2D eigenvalue weighted by molar-refractivity contribution is -0.244. The van der Waals surface area contributed by atoms with Gasteiger partial charge in [0.05, 0.1) is 13.2 Å². The Morgan fingerprint density at radius 1 is 1.05 bits per heavy atom. The van der Waals surface area contributed by atoms with Crippen LogP contribution in [0.15, 0.2) is 12.7 Å². The Kier molecular flexibility index (Phi) is 3.34. The maximum atomic E-state index is 6.06. The third-order valence-corrected chi connectivity index (χ3v) is 7.24. The lowest BCUT2D eigenvalue weighted by Gasteiger charge is -2.61. The first kappa shape index (κ1) is 14.6. The SMILES string of the molecule is C=C[C@@]1(C)[C@H](C)CC[C@@]2(C)[C@@H](C)CC3(C[C@@H]12)OCCO3. The Morgan fingerprint density at radius 2 is 1.70 bits per heavy atom. The van der Waals surface area contributed by atoms with Gasteiger partial charge >= 0.3 is 0 Å². The van der Waals surface area contributed by atoms with Crippen molar-refractivity contribution in [1.82, 2.24) is 0 Å². The zero-order valence-electron chi connectivity index (χ0n) is 13.6. The van der Waals surface area contributed by atoms with Crippen LogP contribution in [0, 0.1) is 28.6 Å². The van der Waals surface area contributed by atoms with Gasteiger partial charge in [0, 0.05) is 12.8 Å². The second-order valence-electron chi connectivity index (χ2n) is 7.99.